The standard InChI is InChI=1S/C19H25FN4O3S2/c1-22(2)17(15-7-12-28-14-15)13-21-19(25)23-8-10-24(11-9-23)29(26,27)18-6-4-3-5-16(18)20/h3-7,12,14,17H,8-11,13H2,1-2H3,(H,21,25). The Morgan fingerprint density at radius 3 is 2.48 bits per heavy atom. The molecule has 1 aromatic carbocycles. The van der Waals surface area contributed by atoms with Crippen molar-refractivity contribution in [1.29, 1.82) is 0 Å². The molecule has 0 bridgehead atoms. The fourth-order valence-electron chi connectivity index (χ4n) is 3.28. The summed E-state index contributed by atoms with van der Waals surface area (Å²) in [5.74, 6) is -0.768. The van der Waals surface area contributed by atoms with Crippen molar-refractivity contribution in [3.8, 4) is 0 Å². The maximum absolute atomic E-state index is 13.9. The van der Waals surface area contributed by atoms with E-state index in [1.54, 1.807) is 16.2 Å². The molecule has 10 heteroatoms. The van der Waals surface area contributed by atoms with Crippen molar-refractivity contribution in [2.75, 3.05) is 46.8 Å². The minimum atomic E-state index is -3.91. The van der Waals surface area contributed by atoms with Crippen LogP contribution in [0.15, 0.2) is 46.0 Å². The third-order valence-electron chi connectivity index (χ3n) is 4.98. The van der Waals surface area contributed by atoms with Gasteiger partial charge in [0.1, 0.15) is 10.7 Å². The SMILES string of the molecule is CN(C)C(CNC(=O)N1CCN(S(=O)(=O)c2ccccc2F)CC1)c1ccsc1. The van der Waals surface area contributed by atoms with Crippen LogP contribution in [0, 0.1) is 5.82 Å². The van der Waals surface area contributed by atoms with Gasteiger partial charge in [0.05, 0.1) is 6.04 Å². The van der Waals surface area contributed by atoms with Crippen molar-refractivity contribution in [2.45, 2.75) is 10.9 Å². The number of carbonyl (C=O) groups excluding carboxylic acids is 1. The summed E-state index contributed by atoms with van der Waals surface area (Å²) in [7, 11) is 0.00436. The average molecular weight is 441 g/mol. The number of halogens is 1. The molecule has 7 nitrogen and oxygen atoms in total. The molecular weight excluding hydrogens is 415 g/mol. The van der Waals surface area contributed by atoms with Crippen LogP contribution in [0.1, 0.15) is 11.6 Å². The summed E-state index contributed by atoms with van der Waals surface area (Å²) in [5.41, 5.74) is 1.14. The van der Waals surface area contributed by atoms with Gasteiger partial charge in [-0.05, 0) is 48.6 Å². The Balaban J connectivity index is 1.56. The Kier molecular flexibility index (Phi) is 6.89. The number of thiophene rings is 1. The number of amides is 2. The quantitative estimate of drug-likeness (QED) is 0.748. The lowest BCUT2D eigenvalue weighted by molar-refractivity contribution is 0.168. The van der Waals surface area contributed by atoms with Gasteiger partial charge in [0.2, 0.25) is 10.0 Å². The molecule has 1 aliphatic heterocycles. The predicted octanol–water partition coefficient (Wildman–Crippen LogP) is 2.21. The third kappa shape index (κ3) is 4.95. The highest BCUT2D eigenvalue weighted by molar-refractivity contribution is 7.89. The van der Waals surface area contributed by atoms with Crippen LogP contribution < -0.4 is 5.32 Å². The molecule has 2 heterocycles. The highest BCUT2D eigenvalue weighted by Crippen LogP contribution is 2.21. The molecular formula is C19H25FN4O3S2. The Morgan fingerprint density at radius 2 is 1.90 bits per heavy atom. The van der Waals surface area contributed by atoms with Crippen LogP contribution in [0.5, 0.6) is 0 Å². The lowest BCUT2D eigenvalue weighted by Crippen LogP contribution is -2.53. The number of benzene rings is 1. The van der Waals surface area contributed by atoms with Crippen molar-refractivity contribution < 1.29 is 17.6 Å². The zero-order valence-corrected chi connectivity index (χ0v) is 18.0. The van der Waals surface area contributed by atoms with Crippen LogP contribution in [0.2, 0.25) is 0 Å². The van der Waals surface area contributed by atoms with Crippen molar-refractivity contribution in [3.63, 3.8) is 0 Å². The Labute approximate surface area is 174 Å². The molecule has 1 aromatic heterocycles. The zero-order valence-electron chi connectivity index (χ0n) is 16.4. The van der Waals surface area contributed by atoms with E-state index >= 15 is 0 Å². The maximum Gasteiger partial charge on any atom is 0.317 e. The summed E-state index contributed by atoms with van der Waals surface area (Å²) in [6, 6.07) is 7.21. The van der Waals surface area contributed by atoms with Gasteiger partial charge >= 0.3 is 6.03 Å². The summed E-state index contributed by atoms with van der Waals surface area (Å²) < 4.78 is 40.5. The van der Waals surface area contributed by atoms with Crippen LogP contribution in [0.4, 0.5) is 9.18 Å². The second-order valence-electron chi connectivity index (χ2n) is 7.04. The largest absolute Gasteiger partial charge is 0.336 e. The summed E-state index contributed by atoms with van der Waals surface area (Å²) in [5, 5.41) is 7.00. The first-order valence-corrected chi connectivity index (χ1v) is 11.6. The molecule has 1 atom stereocenters. The molecule has 0 spiro atoms. The normalized spacial score (nSPS) is 16.8. The topological polar surface area (TPSA) is 73.0 Å². The van der Waals surface area contributed by atoms with Gasteiger partial charge in [-0.25, -0.2) is 17.6 Å². The molecule has 1 saturated heterocycles. The van der Waals surface area contributed by atoms with Crippen molar-refractivity contribution in [2.24, 2.45) is 0 Å². The van der Waals surface area contributed by atoms with Crippen molar-refractivity contribution in [1.82, 2.24) is 19.4 Å². The highest BCUT2D eigenvalue weighted by atomic mass is 32.2. The summed E-state index contributed by atoms with van der Waals surface area (Å²) in [6.07, 6.45) is 0. The first-order valence-electron chi connectivity index (χ1n) is 9.26. The lowest BCUT2D eigenvalue weighted by atomic mass is 10.1. The van der Waals surface area contributed by atoms with E-state index < -0.39 is 15.8 Å². The number of likely N-dealkylation sites (N-methyl/N-ethyl adjacent to an activating group) is 1. The van der Waals surface area contributed by atoms with Gasteiger partial charge in [-0.3, -0.25) is 0 Å². The summed E-state index contributed by atoms with van der Waals surface area (Å²) in [6.45, 7) is 1.23. The monoisotopic (exact) mass is 440 g/mol. The molecule has 29 heavy (non-hydrogen) atoms. The smallest absolute Gasteiger partial charge is 0.317 e. The highest BCUT2D eigenvalue weighted by Gasteiger charge is 2.32. The molecule has 1 N–H and O–H groups in total. The molecule has 2 amide bonds. The van der Waals surface area contributed by atoms with Gasteiger partial charge in [-0.15, -0.1) is 0 Å². The summed E-state index contributed by atoms with van der Waals surface area (Å²) >= 11 is 1.61. The molecule has 1 unspecified atom stereocenters. The average Bonchev–Trinajstić information content (AvgIpc) is 3.22. The van der Waals surface area contributed by atoms with Crippen LogP contribution in [0.3, 0.4) is 0 Å². The van der Waals surface area contributed by atoms with E-state index in [0.29, 0.717) is 6.54 Å². The number of nitrogens with one attached hydrogen (secondary N) is 1. The maximum atomic E-state index is 13.9. The van der Waals surface area contributed by atoms with E-state index in [1.165, 1.54) is 22.5 Å². The second kappa shape index (κ2) is 9.21. The van der Waals surface area contributed by atoms with Crippen LogP contribution in [0.25, 0.3) is 0 Å². The number of sulfonamides is 1. The lowest BCUT2D eigenvalue weighted by Gasteiger charge is -2.34. The molecule has 0 aliphatic carbocycles. The van der Waals surface area contributed by atoms with Gasteiger partial charge in [0.15, 0.2) is 0 Å². The molecule has 158 valence electrons. The minimum absolute atomic E-state index is 0.0629. The number of urea groups is 1. The van der Waals surface area contributed by atoms with Gasteiger partial charge in [0.25, 0.3) is 0 Å². The second-order valence-corrected chi connectivity index (χ2v) is 9.73. The van der Waals surface area contributed by atoms with Crippen molar-refractivity contribution >= 4 is 27.4 Å². The zero-order chi connectivity index (χ0) is 21.0. The van der Waals surface area contributed by atoms with E-state index in [1.807, 2.05) is 30.4 Å². The van der Waals surface area contributed by atoms with Gasteiger partial charge in [-0.2, -0.15) is 15.6 Å². The molecule has 1 aliphatic rings. The minimum Gasteiger partial charge on any atom is -0.336 e. The number of carbonyl (C=O) groups is 1. The van der Waals surface area contributed by atoms with Crippen LogP contribution >= 0.6 is 11.3 Å². The van der Waals surface area contributed by atoms with Crippen molar-refractivity contribution in [3.05, 3.63) is 52.5 Å². The third-order valence-corrected chi connectivity index (χ3v) is 7.61. The first-order chi connectivity index (χ1) is 13.8. The fourth-order valence-corrected chi connectivity index (χ4v) is 5.48. The summed E-state index contributed by atoms with van der Waals surface area (Å²) in [4.78, 5) is 15.8. The Hall–Kier alpha value is -2.01. The molecule has 0 saturated carbocycles. The number of piperazine rings is 1. The van der Waals surface area contributed by atoms with Gasteiger partial charge in [-0.1, -0.05) is 12.1 Å². The van der Waals surface area contributed by atoms with Gasteiger partial charge in [0, 0.05) is 32.7 Å². The number of hydrogen-bond acceptors (Lipinski definition) is 5. The molecule has 1 fully saturated rings. The first kappa shape index (κ1) is 21.7. The van der Waals surface area contributed by atoms with E-state index in [-0.39, 0.29) is 43.1 Å². The van der Waals surface area contributed by atoms with E-state index in [9.17, 15) is 17.6 Å². The Bertz CT molecular complexity index is 927. The Morgan fingerprint density at radius 1 is 1.21 bits per heavy atom. The number of hydrogen-bond donors (Lipinski definition) is 1. The molecule has 2 aromatic rings. The number of nitrogens with zero attached hydrogens (tertiary/aromatic N) is 3. The van der Waals surface area contributed by atoms with E-state index in [4.69, 9.17) is 0 Å². The molecule has 3 rings (SSSR count). The van der Waals surface area contributed by atoms with E-state index in [0.717, 1.165) is 11.6 Å². The van der Waals surface area contributed by atoms with Crippen LogP contribution in [-0.4, -0.2) is 75.4 Å². The van der Waals surface area contributed by atoms with E-state index in [2.05, 4.69) is 10.7 Å². The number of rotatable bonds is 6. The van der Waals surface area contributed by atoms with Crippen LogP contribution in [-0.2, 0) is 10.0 Å². The molecule has 0 radical (unpaired) electrons. The predicted molar refractivity (Wildman–Crippen MR) is 111 cm³/mol. The fraction of sp³-hybridized carbons (Fsp3) is 0.421. The van der Waals surface area contributed by atoms with Gasteiger partial charge < -0.3 is 15.1 Å².